The minimum Gasteiger partial charge on any atom is -0.314 e. The van der Waals surface area contributed by atoms with Crippen LogP contribution in [0, 0.1) is 12.8 Å². The quantitative estimate of drug-likeness (QED) is 0.788. The Morgan fingerprint density at radius 2 is 2.14 bits per heavy atom. The van der Waals surface area contributed by atoms with Gasteiger partial charge in [0.1, 0.15) is 0 Å². The van der Waals surface area contributed by atoms with Gasteiger partial charge in [0.15, 0.2) is 0 Å². The van der Waals surface area contributed by atoms with E-state index in [4.69, 9.17) is 0 Å². The van der Waals surface area contributed by atoms with E-state index in [9.17, 15) is 0 Å². The van der Waals surface area contributed by atoms with E-state index < -0.39 is 0 Å². The van der Waals surface area contributed by atoms with E-state index in [2.05, 4.69) is 62.8 Å². The molecule has 1 fully saturated rings. The highest BCUT2D eigenvalue weighted by Crippen LogP contribution is 2.24. The minimum absolute atomic E-state index is 0.606. The lowest BCUT2D eigenvalue weighted by atomic mass is 9.96. The second kappa shape index (κ2) is 7.03. The van der Waals surface area contributed by atoms with Crippen LogP contribution in [-0.2, 0) is 12.8 Å². The fourth-order valence-electron chi connectivity index (χ4n) is 2.56. The molecule has 0 radical (unpaired) electrons. The summed E-state index contributed by atoms with van der Waals surface area (Å²) >= 11 is 5.47. The molecule has 1 aliphatic rings. The van der Waals surface area contributed by atoms with Crippen molar-refractivity contribution in [3.63, 3.8) is 0 Å². The van der Waals surface area contributed by atoms with Gasteiger partial charge in [-0.2, -0.15) is 0 Å². The van der Waals surface area contributed by atoms with E-state index in [0.717, 1.165) is 31.1 Å². The summed E-state index contributed by atoms with van der Waals surface area (Å²) in [5, 5.41) is 7.10. The number of nitrogens with zero attached hydrogens (tertiary/aromatic N) is 1. The molecule has 3 rings (SSSR count). The average Bonchev–Trinajstić information content (AvgIpc) is 3.21. The van der Waals surface area contributed by atoms with Crippen molar-refractivity contribution in [2.24, 2.45) is 5.92 Å². The molecule has 2 nitrogen and oxygen atoms in total. The number of nitrogens with one attached hydrogen (secondary N) is 1. The van der Waals surface area contributed by atoms with Crippen molar-refractivity contribution in [1.29, 1.82) is 0 Å². The van der Waals surface area contributed by atoms with Crippen LogP contribution in [0.1, 0.15) is 29.1 Å². The fraction of sp³-hybridized carbons (Fsp3) is 0.471. The first-order valence-corrected chi connectivity index (χ1v) is 9.26. The molecule has 4 heteroatoms. The molecule has 0 spiro atoms. The molecule has 1 unspecified atom stereocenters. The Morgan fingerprint density at radius 3 is 2.81 bits per heavy atom. The predicted molar refractivity (Wildman–Crippen MR) is 92.9 cm³/mol. The average molecular weight is 365 g/mol. The lowest BCUT2D eigenvalue weighted by Crippen LogP contribution is -2.27. The molecule has 0 saturated heterocycles. The van der Waals surface area contributed by atoms with Crippen LogP contribution in [-0.4, -0.2) is 17.6 Å². The number of rotatable bonds is 7. The van der Waals surface area contributed by atoms with Crippen LogP contribution < -0.4 is 5.32 Å². The van der Waals surface area contributed by atoms with Crippen molar-refractivity contribution in [3.8, 4) is 0 Å². The molecular formula is C17H21BrN2S. The van der Waals surface area contributed by atoms with Gasteiger partial charge in [0.25, 0.3) is 0 Å². The largest absolute Gasteiger partial charge is 0.314 e. The van der Waals surface area contributed by atoms with Gasteiger partial charge in [-0.3, -0.25) is 0 Å². The fourth-order valence-corrected chi connectivity index (χ4v) is 3.89. The van der Waals surface area contributed by atoms with Crippen molar-refractivity contribution in [2.45, 2.75) is 38.6 Å². The van der Waals surface area contributed by atoms with Gasteiger partial charge in [0.05, 0.1) is 5.01 Å². The zero-order chi connectivity index (χ0) is 14.7. The van der Waals surface area contributed by atoms with E-state index in [1.165, 1.54) is 27.9 Å². The first kappa shape index (κ1) is 15.2. The third kappa shape index (κ3) is 4.63. The smallest absolute Gasteiger partial charge is 0.0931 e. The molecule has 0 amide bonds. The number of hydrogen-bond donors (Lipinski definition) is 1. The van der Waals surface area contributed by atoms with Crippen molar-refractivity contribution in [1.82, 2.24) is 10.3 Å². The summed E-state index contributed by atoms with van der Waals surface area (Å²) < 4.78 is 1.22. The summed E-state index contributed by atoms with van der Waals surface area (Å²) in [4.78, 5) is 4.64. The molecule has 1 heterocycles. The summed E-state index contributed by atoms with van der Waals surface area (Å²) in [6.45, 7) is 3.16. The summed E-state index contributed by atoms with van der Waals surface area (Å²) in [7, 11) is 0. The molecule has 1 aliphatic carbocycles. The lowest BCUT2D eigenvalue weighted by molar-refractivity contribution is 0.467. The molecule has 2 aromatic rings. The number of halogens is 1. The Balaban J connectivity index is 1.67. The molecule has 0 bridgehead atoms. The van der Waals surface area contributed by atoms with E-state index in [1.807, 2.05) is 0 Å². The predicted octanol–water partition coefficient (Wildman–Crippen LogP) is 4.37. The minimum atomic E-state index is 0.606. The van der Waals surface area contributed by atoms with Gasteiger partial charge in [0.2, 0.25) is 0 Å². The van der Waals surface area contributed by atoms with Crippen LogP contribution in [0.3, 0.4) is 0 Å². The summed E-state index contributed by atoms with van der Waals surface area (Å²) in [5.74, 6) is 0.606. The number of hydrogen-bond acceptors (Lipinski definition) is 3. The van der Waals surface area contributed by atoms with Crippen LogP contribution in [0.25, 0.3) is 0 Å². The van der Waals surface area contributed by atoms with E-state index in [0.29, 0.717) is 5.92 Å². The van der Waals surface area contributed by atoms with Gasteiger partial charge in [-0.25, -0.2) is 4.98 Å². The van der Waals surface area contributed by atoms with Crippen molar-refractivity contribution in [2.75, 3.05) is 6.54 Å². The maximum absolute atomic E-state index is 4.64. The van der Waals surface area contributed by atoms with Crippen LogP contribution in [0.4, 0.5) is 0 Å². The summed E-state index contributed by atoms with van der Waals surface area (Å²) in [5.41, 5.74) is 2.54. The summed E-state index contributed by atoms with van der Waals surface area (Å²) in [6.07, 6.45) is 4.86. The van der Waals surface area contributed by atoms with Gasteiger partial charge in [-0.15, -0.1) is 11.3 Å². The maximum atomic E-state index is 4.64. The van der Waals surface area contributed by atoms with Crippen LogP contribution >= 0.6 is 27.3 Å². The van der Waals surface area contributed by atoms with Crippen molar-refractivity contribution in [3.05, 3.63) is 50.4 Å². The molecule has 112 valence electrons. The Kier molecular flexibility index (Phi) is 5.09. The first-order valence-electron chi connectivity index (χ1n) is 7.58. The molecule has 21 heavy (non-hydrogen) atoms. The second-order valence-electron chi connectivity index (χ2n) is 5.93. The number of benzene rings is 1. The van der Waals surface area contributed by atoms with Gasteiger partial charge in [-0.1, -0.05) is 34.1 Å². The van der Waals surface area contributed by atoms with Gasteiger partial charge in [0, 0.05) is 28.0 Å². The standard InChI is InChI=1S/C17H21BrN2S/c1-12-11-21-17(20-12)9-13(10-19-15-6-7-15)8-14-4-2-3-5-16(14)18/h2-5,11,13,15,19H,6-10H2,1H3. The second-order valence-corrected chi connectivity index (χ2v) is 7.73. The highest BCUT2D eigenvalue weighted by Gasteiger charge is 2.22. The lowest BCUT2D eigenvalue weighted by Gasteiger charge is -2.17. The molecular weight excluding hydrogens is 344 g/mol. The van der Waals surface area contributed by atoms with Crippen LogP contribution in [0.5, 0.6) is 0 Å². The molecule has 1 aromatic heterocycles. The Morgan fingerprint density at radius 1 is 1.33 bits per heavy atom. The van der Waals surface area contributed by atoms with Crippen LogP contribution in [0.2, 0.25) is 0 Å². The monoisotopic (exact) mass is 364 g/mol. The highest BCUT2D eigenvalue weighted by molar-refractivity contribution is 9.10. The third-order valence-electron chi connectivity index (χ3n) is 3.87. The zero-order valence-corrected chi connectivity index (χ0v) is 14.7. The van der Waals surface area contributed by atoms with E-state index in [-0.39, 0.29) is 0 Å². The number of thiazole rings is 1. The van der Waals surface area contributed by atoms with Gasteiger partial charge >= 0.3 is 0 Å². The highest BCUT2D eigenvalue weighted by atomic mass is 79.9. The third-order valence-corrected chi connectivity index (χ3v) is 5.63. The zero-order valence-electron chi connectivity index (χ0n) is 12.3. The Labute approximate surface area is 139 Å². The molecule has 0 aliphatic heterocycles. The first-order chi connectivity index (χ1) is 10.2. The molecule has 1 N–H and O–H groups in total. The summed E-state index contributed by atoms with van der Waals surface area (Å²) in [6, 6.07) is 9.33. The van der Waals surface area contributed by atoms with Crippen molar-refractivity contribution >= 4 is 27.3 Å². The van der Waals surface area contributed by atoms with Gasteiger partial charge in [-0.05, 0) is 50.3 Å². The molecule has 1 atom stereocenters. The molecule has 1 aromatic carbocycles. The number of aromatic nitrogens is 1. The van der Waals surface area contributed by atoms with E-state index in [1.54, 1.807) is 11.3 Å². The van der Waals surface area contributed by atoms with Crippen molar-refractivity contribution < 1.29 is 0 Å². The Bertz CT molecular complexity index is 592. The Hall–Kier alpha value is -0.710. The SMILES string of the molecule is Cc1csc(CC(CNC2CC2)Cc2ccccc2Br)n1. The molecule has 1 saturated carbocycles. The maximum Gasteiger partial charge on any atom is 0.0931 e. The topological polar surface area (TPSA) is 24.9 Å². The number of aryl methyl sites for hydroxylation is 1. The normalized spacial score (nSPS) is 16.1. The van der Waals surface area contributed by atoms with Crippen LogP contribution in [0.15, 0.2) is 34.1 Å². The van der Waals surface area contributed by atoms with E-state index >= 15 is 0 Å². The van der Waals surface area contributed by atoms with Gasteiger partial charge < -0.3 is 5.32 Å².